The molecule has 1 N–H and O–H groups in total. The second kappa shape index (κ2) is 10.2. The van der Waals surface area contributed by atoms with E-state index in [2.05, 4.69) is 53.4 Å². The predicted molar refractivity (Wildman–Crippen MR) is 121 cm³/mol. The molecule has 2 saturated heterocycles. The molecule has 2 fully saturated rings. The maximum atomic E-state index is 5.49. The van der Waals surface area contributed by atoms with Gasteiger partial charge in [0.15, 0.2) is 5.96 Å². The van der Waals surface area contributed by atoms with Gasteiger partial charge in [0.25, 0.3) is 0 Å². The summed E-state index contributed by atoms with van der Waals surface area (Å²) in [5.74, 6) is 1.07. The lowest BCUT2D eigenvalue weighted by molar-refractivity contribution is 0.0195. The van der Waals surface area contributed by atoms with Gasteiger partial charge in [-0.05, 0) is 24.8 Å². The normalized spacial score (nSPS) is 22.3. The average Bonchev–Trinajstić information content (AvgIpc) is 3.31. The summed E-state index contributed by atoms with van der Waals surface area (Å²) in [7, 11) is 0. The summed E-state index contributed by atoms with van der Waals surface area (Å²) in [5.41, 5.74) is 0.0815. The number of rotatable bonds is 5. The van der Waals surface area contributed by atoms with Crippen LogP contribution in [0.1, 0.15) is 32.1 Å². The van der Waals surface area contributed by atoms with Gasteiger partial charge in [0.2, 0.25) is 0 Å². The number of nitrogens with zero attached hydrogens (tertiary/aromatic N) is 3. The average molecular weight is 492 g/mol. The van der Waals surface area contributed by atoms with E-state index in [0.29, 0.717) is 6.04 Å². The standard InChI is InChI=1S/C19H32N4OS.HI/c1-4-20-18(21-15-19(2,3)17-6-5-13-25-17)23-8-7-16(14-23)22-9-11-24-12-10-22;/h5-6,13,16H,4,7-12,14-15H2,1-3H3,(H,20,21);1H. The summed E-state index contributed by atoms with van der Waals surface area (Å²) in [5, 5.41) is 5.65. The Labute approximate surface area is 179 Å². The number of hydrogen-bond donors (Lipinski definition) is 1. The van der Waals surface area contributed by atoms with E-state index in [-0.39, 0.29) is 29.4 Å². The quantitative estimate of drug-likeness (QED) is 0.390. The van der Waals surface area contributed by atoms with Gasteiger partial charge in [-0.1, -0.05) is 19.9 Å². The molecule has 148 valence electrons. The highest BCUT2D eigenvalue weighted by molar-refractivity contribution is 14.0. The number of halogens is 1. The zero-order valence-electron chi connectivity index (χ0n) is 16.2. The Balaban J connectivity index is 0.00000243. The Kier molecular flexibility index (Phi) is 8.63. The van der Waals surface area contributed by atoms with E-state index < -0.39 is 0 Å². The highest BCUT2D eigenvalue weighted by Crippen LogP contribution is 2.28. The summed E-state index contributed by atoms with van der Waals surface area (Å²) in [6.45, 7) is 14.5. The third-order valence-corrected chi connectivity index (χ3v) is 6.41. The number of thiophene rings is 1. The number of aliphatic imine (C=N–C) groups is 1. The van der Waals surface area contributed by atoms with E-state index >= 15 is 0 Å². The molecule has 0 aromatic carbocycles. The Morgan fingerprint density at radius 1 is 1.35 bits per heavy atom. The molecule has 2 aliphatic rings. The van der Waals surface area contributed by atoms with Gasteiger partial charge in [-0.25, -0.2) is 0 Å². The number of ether oxygens (including phenoxy) is 1. The molecule has 0 aliphatic carbocycles. The van der Waals surface area contributed by atoms with Crippen molar-refractivity contribution < 1.29 is 4.74 Å². The molecule has 3 rings (SSSR count). The Morgan fingerprint density at radius 2 is 2.12 bits per heavy atom. The van der Waals surface area contributed by atoms with Crippen LogP contribution in [0.25, 0.3) is 0 Å². The number of hydrogen-bond acceptors (Lipinski definition) is 4. The van der Waals surface area contributed by atoms with Gasteiger partial charge in [0.05, 0.1) is 19.8 Å². The van der Waals surface area contributed by atoms with Gasteiger partial charge in [-0.3, -0.25) is 9.89 Å². The molecule has 0 spiro atoms. The van der Waals surface area contributed by atoms with Crippen molar-refractivity contribution in [1.82, 2.24) is 15.1 Å². The molecule has 2 aliphatic heterocycles. The Hall–Kier alpha value is -0.380. The van der Waals surface area contributed by atoms with Crippen molar-refractivity contribution in [3.63, 3.8) is 0 Å². The minimum atomic E-state index is 0. The van der Waals surface area contributed by atoms with Gasteiger partial charge in [0.1, 0.15) is 0 Å². The number of nitrogens with one attached hydrogen (secondary N) is 1. The van der Waals surface area contributed by atoms with Crippen LogP contribution < -0.4 is 5.32 Å². The van der Waals surface area contributed by atoms with Crippen molar-refractivity contribution in [3.05, 3.63) is 22.4 Å². The summed E-state index contributed by atoms with van der Waals surface area (Å²) >= 11 is 1.82. The van der Waals surface area contributed by atoms with Crippen molar-refractivity contribution >= 4 is 41.3 Å². The van der Waals surface area contributed by atoms with Gasteiger partial charge in [-0.2, -0.15) is 0 Å². The second-order valence-corrected chi connectivity index (χ2v) is 8.52. The van der Waals surface area contributed by atoms with Crippen LogP contribution in [0.15, 0.2) is 22.5 Å². The van der Waals surface area contributed by atoms with E-state index in [0.717, 1.165) is 58.4 Å². The van der Waals surface area contributed by atoms with E-state index in [9.17, 15) is 0 Å². The molecule has 0 radical (unpaired) electrons. The molecule has 0 saturated carbocycles. The second-order valence-electron chi connectivity index (χ2n) is 7.57. The van der Waals surface area contributed by atoms with Gasteiger partial charge in [0, 0.05) is 49.1 Å². The zero-order chi connectivity index (χ0) is 17.7. The molecule has 3 heterocycles. The van der Waals surface area contributed by atoms with Crippen molar-refractivity contribution in [2.24, 2.45) is 4.99 Å². The van der Waals surface area contributed by atoms with Crippen LogP contribution in [0.3, 0.4) is 0 Å². The summed E-state index contributed by atoms with van der Waals surface area (Å²) in [6, 6.07) is 4.99. The van der Waals surface area contributed by atoms with Gasteiger partial charge in [-0.15, -0.1) is 35.3 Å². The lowest BCUT2D eigenvalue weighted by Gasteiger charge is -2.32. The number of morpholine rings is 1. The lowest BCUT2D eigenvalue weighted by Crippen LogP contribution is -2.47. The molecule has 0 amide bonds. The highest BCUT2D eigenvalue weighted by Gasteiger charge is 2.30. The molecule has 26 heavy (non-hydrogen) atoms. The monoisotopic (exact) mass is 492 g/mol. The fraction of sp³-hybridized carbons (Fsp3) is 0.737. The maximum Gasteiger partial charge on any atom is 0.193 e. The van der Waals surface area contributed by atoms with Gasteiger partial charge >= 0.3 is 0 Å². The van der Waals surface area contributed by atoms with E-state index in [4.69, 9.17) is 9.73 Å². The summed E-state index contributed by atoms with van der Waals surface area (Å²) in [6.07, 6.45) is 1.22. The van der Waals surface area contributed by atoms with Crippen molar-refractivity contribution in [3.8, 4) is 0 Å². The molecule has 7 heteroatoms. The van der Waals surface area contributed by atoms with E-state index in [1.54, 1.807) is 0 Å². The summed E-state index contributed by atoms with van der Waals surface area (Å²) < 4.78 is 5.49. The molecular weight excluding hydrogens is 459 g/mol. The number of likely N-dealkylation sites (tertiary alicyclic amines) is 1. The topological polar surface area (TPSA) is 40.1 Å². The first-order chi connectivity index (χ1) is 12.1. The van der Waals surface area contributed by atoms with Crippen LogP contribution in [0.5, 0.6) is 0 Å². The minimum absolute atomic E-state index is 0. The maximum absolute atomic E-state index is 5.49. The van der Waals surface area contributed by atoms with Crippen LogP contribution in [-0.2, 0) is 10.2 Å². The zero-order valence-corrected chi connectivity index (χ0v) is 19.4. The Morgan fingerprint density at radius 3 is 2.77 bits per heavy atom. The Bertz CT molecular complexity index is 558. The van der Waals surface area contributed by atoms with Crippen LogP contribution >= 0.6 is 35.3 Å². The lowest BCUT2D eigenvalue weighted by atomic mass is 9.92. The fourth-order valence-corrected chi connectivity index (χ4v) is 4.46. The highest BCUT2D eigenvalue weighted by atomic mass is 127. The number of guanidine groups is 1. The van der Waals surface area contributed by atoms with Crippen LogP contribution in [0, 0.1) is 0 Å². The van der Waals surface area contributed by atoms with Crippen LogP contribution in [0.2, 0.25) is 0 Å². The van der Waals surface area contributed by atoms with Crippen LogP contribution in [0.4, 0.5) is 0 Å². The molecule has 0 bridgehead atoms. The SMILES string of the molecule is CCNC(=NCC(C)(C)c1cccs1)N1CCC(N2CCOCC2)C1.I. The minimum Gasteiger partial charge on any atom is -0.379 e. The van der Waals surface area contributed by atoms with E-state index in [1.807, 2.05) is 11.3 Å². The third kappa shape index (κ3) is 5.56. The molecular formula is C19H33IN4OS. The van der Waals surface area contributed by atoms with Crippen molar-refractivity contribution in [1.29, 1.82) is 0 Å². The van der Waals surface area contributed by atoms with Crippen molar-refractivity contribution in [2.45, 2.75) is 38.6 Å². The predicted octanol–water partition coefficient (Wildman–Crippen LogP) is 3.02. The molecule has 1 atom stereocenters. The molecule has 1 aromatic rings. The third-order valence-electron chi connectivity index (χ3n) is 5.17. The largest absolute Gasteiger partial charge is 0.379 e. The first-order valence-electron chi connectivity index (χ1n) is 9.49. The summed E-state index contributed by atoms with van der Waals surface area (Å²) in [4.78, 5) is 11.4. The molecule has 1 unspecified atom stereocenters. The van der Waals surface area contributed by atoms with E-state index in [1.165, 1.54) is 11.3 Å². The first-order valence-corrected chi connectivity index (χ1v) is 10.4. The van der Waals surface area contributed by atoms with Gasteiger partial charge < -0.3 is 15.0 Å². The van der Waals surface area contributed by atoms with Crippen molar-refractivity contribution in [2.75, 3.05) is 52.5 Å². The molecule has 5 nitrogen and oxygen atoms in total. The fourth-order valence-electron chi connectivity index (χ4n) is 3.61. The van der Waals surface area contributed by atoms with Crippen LogP contribution in [-0.4, -0.2) is 74.3 Å². The first kappa shape index (κ1) is 21.9. The molecule has 1 aromatic heterocycles. The smallest absolute Gasteiger partial charge is 0.193 e.